The zero-order valence-electron chi connectivity index (χ0n) is 17.0. The number of esters is 2. The number of carbonyl (C=O) groups excluding carboxylic acids is 4. The molecule has 29 heavy (non-hydrogen) atoms. The van der Waals surface area contributed by atoms with Gasteiger partial charge in [0.2, 0.25) is 11.8 Å². The van der Waals surface area contributed by atoms with E-state index in [4.69, 9.17) is 14.2 Å². The molecule has 3 rings (SSSR count). The van der Waals surface area contributed by atoms with Crippen molar-refractivity contribution in [1.82, 2.24) is 4.90 Å². The number of imide groups is 1. The van der Waals surface area contributed by atoms with Crippen molar-refractivity contribution in [2.75, 3.05) is 21.3 Å². The summed E-state index contributed by atoms with van der Waals surface area (Å²) >= 11 is 0. The highest BCUT2D eigenvalue weighted by Crippen LogP contribution is 2.58. The van der Waals surface area contributed by atoms with E-state index in [9.17, 15) is 19.2 Å². The lowest BCUT2D eigenvalue weighted by molar-refractivity contribution is -0.192. The van der Waals surface area contributed by atoms with Crippen LogP contribution in [-0.4, -0.2) is 56.0 Å². The number of amides is 2. The highest BCUT2D eigenvalue weighted by molar-refractivity contribution is 6.05. The first kappa shape index (κ1) is 21.0. The van der Waals surface area contributed by atoms with Crippen molar-refractivity contribution in [3.63, 3.8) is 0 Å². The summed E-state index contributed by atoms with van der Waals surface area (Å²) in [5.41, 5.74) is -1.77. The molecule has 0 radical (unpaired) electrons. The van der Waals surface area contributed by atoms with E-state index < -0.39 is 29.0 Å². The van der Waals surface area contributed by atoms with Crippen molar-refractivity contribution in [3.05, 3.63) is 35.4 Å². The van der Waals surface area contributed by atoms with Crippen molar-refractivity contribution in [1.29, 1.82) is 0 Å². The van der Waals surface area contributed by atoms with Crippen LogP contribution in [0.1, 0.15) is 36.8 Å². The molecule has 2 aliphatic rings. The Balaban J connectivity index is 2.23. The molecule has 0 N–H and O–H groups in total. The van der Waals surface area contributed by atoms with E-state index in [1.54, 1.807) is 12.1 Å². The van der Waals surface area contributed by atoms with Crippen molar-refractivity contribution in [3.8, 4) is 0 Å². The Morgan fingerprint density at radius 1 is 0.931 bits per heavy atom. The van der Waals surface area contributed by atoms with Crippen molar-refractivity contribution in [2.24, 2.45) is 5.41 Å². The van der Waals surface area contributed by atoms with Gasteiger partial charge in [0.05, 0.1) is 14.2 Å². The van der Waals surface area contributed by atoms with Gasteiger partial charge in [-0.2, -0.15) is 0 Å². The van der Waals surface area contributed by atoms with Crippen LogP contribution < -0.4 is 0 Å². The fraction of sp³-hybridized carbons (Fsp3) is 0.524. The Morgan fingerprint density at radius 3 is 1.90 bits per heavy atom. The lowest BCUT2D eigenvalue weighted by Gasteiger charge is -2.40. The molecule has 1 aliphatic heterocycles. The van der Waals surface area contributed by atoms with E-state index in [-0.39, 0.29) is 37.5 Å². The molecule has 2 unspecified atom stereocenters. The second-order valence-electron chi connectivity index (χ2n) is 7.51. The zero-order chi connectivity index (χ0) is 21.4. The Labute approximate surface area is 169 Å². The zero-order valence-corrected chi connectivity index (χ0v) is 17.0. The summed E-state index contributed by atoms with van der Waals surface area (Å²) < 4.78 is 15.9. The number of aryl methyl sites for hydroxylation is 1. The minimum absolute atomic E-state index is 0.0776. The largest absolute Gasteiger partial charge is 0.468 e. The molecule has 1 saturated carbocycles. The normalized spacial score (nSPS) is 25.9. The van der Waals surface area contributed by atoms with Gasteiger partial charge in [-0.05, 0) is 18.9 Å². The molecule has 8 nitrogen and oxygen atoms in total. The van der Waals surface area contributed by atoms with Crippen LogP contribution >= 0.6 is 0 Å². The number of rotatable bonds is 5. The average molecular weight is 403 g/mol. The third-order valence-corrected chi connectivity index (χ3v) is 6.14. The lowest BCUT2D eigenvalue weighted by Crippen LogP contribution is -2.54. The molecule has 0 spiro atoms. The highest BCUT2D eigenvalue weighted by Gasteiger charge is 2.71. The molecule has 1 saturated heterocycles. The number of methoxy groups -OCH3 is 3. The Bertz CT molecular complexity index is 815. The molecule has 2 fully saturated rings. The topological polar surface area (TPSA) is 99.2 Å². The smallest absolute Gasteiger partial charge is 0.326 e. The highest BCUT2D eigenvalue weighted by atomic mass is 16.6. The van der Waals surface area contributed by atoms with Gasteiger partial charge in [0.25, 0.3) is 0 Å². The molecule has 0 bridgehead atoms. The minimum atomic E-state index is -1.87. The molecular weight excluding hydrogens is 378 g/mol. The molecule has 2 atom stereocenters. The predicted molar refractivity (Wildman–Crippen MR) is 100 cm³/mol. The second kappa shape index (κ2) is 7.59. The van der Waals surface area contributed by atoms with E-state index >= 15 is 0 Å². The first-order valence-electron chi connectivity index (χ1n) is 9.41. The van der Waals surface area contributed by atoms with Gasteiger partial charge in [0, 0.05) is 32.4 Å². The number of ether oxygens (including phenoxy) is 3. The summed E-state index contributed by atoms with van der Waals surface area (Å²) in [5.74, 6) is -2.29. The molecule has 1 aromatic rings. The van der Waals surface area contributed by atoms with Gasteiger partial charge >= 0.3 is 11.9 Å². The molecule has 156 valence electrons. The number of likely N-dealkylation sites (tertiary alicyclic amines) is 1. The number of nitrogens with zero attached hydrogens (tertiary/aromatic N) is 1. The van der Waals surface area contributed by atoms with E-state index in [1.807, 2.05) is 19.1 Å². The number of hydrogen-bond acceptors (Lipinski definition) is 7. The Kier molecular flexibility index (Phi) is 5.49. The van der Waals surface area contributed by atoms with Gasteiger partial charge in [-0.25, -0.2) is 0 Å². The Morgan fingerprint density at radius 2 is 1.45 bits per heavy atom. The molecule has 1 aliphatic carbocycles. The fourth-order valence-electron chi connectivity index (χ4n) is 4.77. The third-order valence-electron chi connectivity index (χ3n) is 6.14. The van der Waals surface area contributed by atoms with Gasteiger partial charge in [-0.1, -0.05) is 29.8 Å². The van der Waals surface area contributed by atoms with E-state index in [2.05, 4.69) is 0 Å². The summed E-state index contributed by atoms with van der Waals surface area (Å²) in [6, 6.07) is 6.53. The summed E-state index contributed by atoms with van der Waals surface area (Å²) in [6.45, 7) is 1.91. The first-order chi connectivity index (χ1) is 13.8. The van der Waals surface area contributed by atoms with Crippen LogP contribution in [0.15, 0.2) is 24.3 Å². The number of carbonyl (C=O) groups is 4. The van der Waals surface area contributed by atoms with E-state index in [0.717, 1.165) is 10.5 Å². The second-order valence-corrected chi connectivity index (χ2v) is 7.51. The van der Waals surface area contributed by atoms with Crippen molar-refractivity contribution in [2.45, 2.75) is 44.2 Å². The first-order valence-corrected chi connectivity index (χ1v) is 9.41. The van der Waals surface area contributed by atoms with E-state index in [1.165, 1.54) is 21.3 Å². The average Bonchev–Trinajstić information content (AvgIpc) is 3.25. The van der Waals surface area contributed by atoms with Crippen molar-refractivity contribution < 1.29 is 33.4 Å². The summed E-state index contributed by atoms with van der Waals surface area (Å²) in [7, 11) is 3.76. The molecule has 0 aromatic heterocycles. The standard InChI is InChI=1S/C21H25NO7/c1-13-5-7-14(8-6-13)21(29-4)12-15(22-16(23)9-10-17(22)24)11-20(21,18(25)27-2)19(26)28-3/h5-8,15H,9-12H2,1-4H3. The van der Waals surface area contributed by atoms with Gasteiger partial charge < -0.3 is 14.2 Å². The third kappa shape index (κ3) is 2.93. The lowest BCUT2D eigenvalue weighted by atomic mass is 9.70. The molecular formula is C21H25NO7. The summed E-state index contributed by atoms with van der Waals surface area (Å²) in [4.78, 5) is 52.1. The number of benzene rings is 1. The maximum absolute atomic E-state index is 13.1. The van der Waals surface area contributed by atoms with Gasteiger partial charge in [0.15, 0.2) is 5.41 Å². The summed E-state index contributed by atoms with van der Waals surface area (Å²) in [5, 5.41) is 0. The van der Waals surface area contributed by atoms with Crippen LogP contribution in [0.5, 0.6) is 0 Å². The maximum atomic E-state index is 13.1. The van der Waals surface area contributed by atoms with Crippen molar-refractivity contribution >= 4 is 23.8 Å². The molecule has 2 amide bonds. The molecule has 1 heterocycles. The van der Waals surface area contributed by atoms with E-state index in [0.29, 0.717) is 5.56 Å². The fourth-order valence-corrected chi connectivity index (χ4v) is 4.77. The van der Waals surface area contributed by atoms with Crippen LogP contribution in [0.2, 0.25) is 0 Å². The van der Waals surface area contributed by atoms with Crippen LogP contribution in [0, 0.1) is 12.3 Å². The minimum Gasteiger partial charge on any atom is -0.468 e. The van der Waals surface area contributed by atoms with Crippen LogP contribution in [0.3, 0.4) is 0 Å². The molecule has 1 aromatic carbocycles. The van der Waals surface area contributed by atoms with Gasteiger partial charge in [0.1, 0.15) is 5.60 Å². The molecule has 8 heteroatoms. The SMILES string of the molecule is COC(=O)C1(C(=O)OC)CC(N2C(=O)CCC2=O)CC1(OC)c1ccc(C)cc1. The predicted octanol–water partition coefficient (Wildman–Crippen LogP) is 1.48. The quantitative estimate of drug-likeness (QED) is 0.417. The summed E-state index contributed by atoms with van der Waals surface area (Å²) in [6.07, 6.45) is 0.173. The van der Waals surface area contributed by atoms with Crippen LogP contribution in [0.25, 0.3) is 0 Å². The Hall–Kier alpha value is -2.74. The van der Waals surface area contributed by atoms with Crippen LogP contribution in [0.4, 0.5) is 0 Å². The monoisotopic (exact) mass is 403 g/mol. The van der Waals surface area contributed by atoms with Gasteiger partial charge in [-0.3, -0.25) is 24.1 Å². The number of hydrogen-bond donors (Lipinski definition) is 0. The maximum Gasteiger partial charge on any atom is 0.326 e. The van der Waals surface area contributed by atoms with Crippen LogP contribution in [-0.2, 0) is 39.0 Å². The van der Waals surface area contributed by atoms with Gasteiger partial charge in [-0.15, -0.1) is 0 Å².